The molecule has 0 radical (unpaired) electrons. The van der Waals surface area contributed by atoms with E-state index in [-0.39, 0.29) is 0 Å². The third-order valence-electron chi connectivity index (χ3n) is 2.57. The molecule has 1 unspecified atom stereocenters. The fourth-order valence-corrected chi connectivity index (χ4v) is 2.63. The third-order valence-corrected chi connectivity index (χ3v) is 3.24. The van der Waals surface area contributed by atoms with E-state index in [0.717, 1.165) is 12.3 Å². The van der Waals surface area contributed by atoms with Gasteiger partial charge in [-0.1, -0.05) is 20.3 Å². The first-order valence-corrected chi connectivity index (χ1v) is 5.01. The molecule has 0 aromatic carbocycles. The van der Waals surface area contributed by atoms with Crippen LogP contribution in [0.2, 0.25) is 0 Å². The van der Waals surface area contributed by atoms with Gasteiger partial charge in [0.05, 0.1) is 5.75 Å². The van der Waals surface area contributed by atoms with Gasteiger partial charge in [-0.3, -0.25) is 0 Å². The van der Waals surface area contributed by atoms with Gasteiger partial charge >= 0.3 is 0 Å². The van der Waals surface area contributed by atoms with E-state index in [0.29, 0.717) is 17.6 Å². The minimum Gasteiger partial charge on any atom is -0.306 e. The second kappa shape index (κ2) is 3.01. The first-order chi connectivity index (χ1) is 4.66. The van der Waals surface area contributed by atoms with Crippen LogP contribution < -0.4 is 0 Å². The molecule has 3 heteroatoms. The van der Waals surface area contributed by atoms with Gasteiger partial charge in [0.25, 0.3) is 0 Å². The van der Waals surface area contributed by atoms with Crippen molar-refractivity contribution in [3.8, 4) is 0 Å². The summed E-state index contributed by atoms with van der Waals surface area (Å²) >= 11 is -1.58. The molecule has 0 bridgehead atoms. The summed E-state index contributed by atoms with van der Waals surface area (Å²) in [7, 11) is 0. The lowest BCUT2D eigenvalue weighted by atomic mass is 10.3. The van der Waals surface area contributed by atoms with Crippen LogP contribution in [-0.2, 0) is 11.1 Å². The highest BCUT2D eigenvalue weighted by Gasteiger charge is 2.45. The molecule has 1 saturated carbocycles. The molecule has 0 aromatic heterocycles. The van der Waals surface area contributed by atoms with Crippen molar-refractivity contribution < 1.29 is 8.76 Å². The van der Waals surface area contributed by atoms with Crippen LogP contribution >= 0.6 is 0 Å². The fraction of sp³-hybridized carbons (Fsp3) is 1.00. The van der Waals surface area contributed by atoms with Gasteiger partial charge in [-0.05, 0) is 17.8 Å². The van der Waals surface area contributed by atoms with E-state index in [4.69, 9.17) is 4.55 Å². The maximum Gasteiger partial charge on any atom is 0.153 e. The summed E-state index contributed by atoms with van der Waals surface area (Å²) in [4.78, 5) is 0. The molecule has 1 rings (SSSR count). The molecule has 1 N–H and O–H groups in total. The van der Waals surface area contributed by atoms with Crippen molar-refractivity contribution in [2.24, 2.45) is 17.8 Å². The highest BCUT2D eigenvalue weighted by molar-refractivity contribution is 7.79. The summed E-state index contributed by atoms with van der Waals surface area (Å²) in [6, 6.07) is 0. The lowest BCUT2D eigenvalue weighted by Crippen LogP contribution is -1.98. The Hall–Kier alpha value is 0.110. The zero-order valence-electron chi connectivity index (χ0n) is 6.41. The molecule has 10 heavy (non-hydrogen) atoms. The van der Waals surface area contributed by atoms with Gasteiger partial charge < -0.3 is 4.55 Å². The first-order valence-electron chi connectivity index (χ1n) is 3.74. The van der Waals surface area contributed by atoms with E-state index < -0.39 is 11.1 Å². The van der Waals surface area contributed by atoms with E-state index in [2.05, 4.69) is 13.8 Å². The summed E-state index contributed by atoms with van der Waals surface area (Å²) in [5.74, 6) is 2.41. The maximum atomic E-state index is 10.4. The monoisotopic (exact) mass is 162 g/mol. The van der Waals surface area contributed by atoms with Gasteiger partial charge in [0, 0.05) is 0 Å². The zero-order valence-corrected chi connectivity index (χ0v) is 7.23. The van der Waals surface area contributed by atoms with E-state index in [1.54, 1.807) is 0 Å². The van der Waals surface area contributed by atoms with Gasteiger partial charge in [-0.25, -0.2) is 4.21 Å². The highest BCUT2D eigenvalue weighted by atomic mass is 32.2. The molecule has 2 nitrogen and oxygen atoms in total. The second-order valence-corrected chi connectivity index (χ2v) is 4.06. The molecule has 0 saturated heterocycles. The average molecular weight is 162 g/mol. The number of hydrogen-bond donors (Lipinski definition) is 1. The topological polar surface area (TPSA) is 37.3 Å². The molecular formula is C7H14O2S. The summed E-state index contributed by atoms with van der Waals surface area (Å²) < 4.78 is 18.9. The Labute approximate surface area is 64.3 Å². The van der Waals surface area contributed by atoms with Crippen molar-refractivity contribution in [1.82, 2.24) is 0 Å². The summed E-state index contributed by atoms with van der Waals surface area (Å²) in [6.45, 7) is 4.30. The van der Waals surface area contributed by atoms with Crippen LogP contribution in [0, 0.1) is 17.8 Å². The van der Waals surface area contributed by atoms with Crippen LogP contribution in [0.1, 0.15) is 20.3 Å². The molecule has 0 aliphatic heterocycles. The smallest absolute Gasteiger partial charge is 0.153 e. The van der Waals surface area contributed by atoms with Gasteiger partial charge in [-0.15, -0.1) is 0 Å². The van der Waals surface area contributed by atoms with Crippen molar-refractivity contribution in [1.29, 1.82) is 0 Å². The van der Waals surface area contributed by atoms with Crippen LogP contribution in [0.15, 0.2) is 0 Å². The van der Waals surface area contributed by atoms with Gasteiger partial charge in [0.15, 0.2) is 11.1 Å². The largest absolute Gasteiger partial charge is 0.306 e. The van der Waals surface area contributed by atoms with Crippen molar-refractivity contribution in [3.05, 3.63) is 0 Å². The molecule has 0 amide bonds. The average Bonchev–Trinajstić information content (AvgIpc) is 2.41. The lowest BCUT2D eigenvalue weighted by Gasteiger charge is -1.90. The van der Waals surface area contributed by atoms with Crippen LogP contribution in [0.25, 0.3) is 0 Å². The normalized spacial score (nSPS) is 41.3. The van der Waals surface area contributed by atoms with Gasteiger partial charge in [0.1, 0.15) is 0 Å². The molecule has 60 valence electrons. The molecule has 1 aliphatic rings. The van der Waals surface area contributed by atoms with Crippen molar-refractivity contribution in [3.63, 3.8) is 0 Å². The fourth-order valence-electron chi connectivity index (χ4n) is 1.75. The van der Waals surface area contributed by atoms with Crippen molar-refractivity contribution in [2.45, 2.75) is 20.3 Å². The third kappa shape index (κ3) is 1.58. The Bertz CT molecular complexity index is 147. The maximum absolute atomic E-state index is 10.4. The highest BCUT2D eigenvalue weighted by Crippen LogP contribution is 2.48. The van der Waals surface area contributed by atoms with E-state index in [1.807, 2.05) is 0 Å². The van der Waals surface area contributed by atoms with Crippen LogP contribution in [-0.4, -0.2) is 14.5 Å². The Balaban J connectivity index is 2.27. The van der Waals surface area contributed by atoms with E-state index in [1.165, 1.54) is 0 Å². The Morgan fingerprint density at radius 3 is 2.40 bits per heavy atom. The summed E-state index contributed by atoms with van der Waals surface area (Å²) in [5.41, 5.74) is 0. The molecular weight excluding hydrogens is 148 g/mol. The predicted molar refractivity (Wildman–Crippen MR) is 42.1 cm³/mol. The second-order valence-electron chi connectivity index (χ2n) is 3.08. The SMILES string of the molecule is CC[C@@H]1[C@H](C)[C@H]1CS(=O)O. The first kappa shape index (κ1) is 8.21. The quantitative estimate of drug-likeness (QED) is 0.638. The van der Waals surface area contributed by atoms with Gasteiger partial charge in [-0.2, -0.15) is 0 Å². The summed E-state index contributed by atoms with van der Waals surface area (Å²) in [6.07, 6.45) is 1.16. The van der Waals surface area contributed by atoms with E-state index in [9.17, 15) is 4.21 Å². The molecule has 1 aliphatic carbocycles. The minimum absolute atomic E-state index is 0.486. The predicted octanol–water partition coefficient (Wildman–Crippen LogP) is 1.50. The van der Waals surface area contributed by atoms with Crippen LogP contribution in [0.5, 0.6) is 0 Å². The number of rotatable bonds is 3. The molecule has 0 spiro atoms. The van der Waals surface area contributed by atoms with Gasteiger partial charge in [0.2, 0.25) is 0 Å². The molecule has 0 aromatic rings. The van der Waals surface area contributed by atoms with Crippen molar-refractivity contribution in [2.75, 3.05) is 5.75 Å². The van der Waals surface area contributed by atoms with Crippen LogP contribution in [0.3, 0.4) is 0 Å². The molecule has 4 atom stereocenters. The van der Waals surface area contributed by atoms with E-state index >= 15 is 0 Å². The minimum atomic E-state index is -1.58. The Morgan fingerprint density at radius 2 is 2.10 bits per heavy atom. The molecule has 0 heterocycles. The summed E-state index contributed by atoms with van der Waals surface area (Å²) in [5, 5.41) is 0. The zero-order chi connectivity index (χ0) is 7.72. The van der Waals surface area contributed by atoms with Crippen molar-refractivity contribution >= 4 is 11.1 Å². The Morgan fingerprint density at radius 1 is 1.50 bits per heavy atom. The standard InChI is InChI=1S/C7H14O2S/c1-3-6-5(2)7(6)4-10(8)9/h5-7H,3-4H2,1-2H3,(H,8,9)/t5-,6+,7+/m0/s1. The number of hydrogen-bond acceptors (Lipinski definition) is 1. The lowest BCUT2D eigenvalue weighted by molar-refractivity contribution is 0.556. The molecule has 1 fully saturated rings. The van der Waals surface area contributed by atoms with Crippen LogP contribution in [0.4, 0.5) is 0 Å². The Kier molecular flexibility index (Phi) is 2.47.